The average Bonchev–Trinajstić information content (AvgIpc) is 2.61. The number of hydrogen-bond acceptors (Lipinski definition) is 3. The highest BCUT2D eigenvalue weighted by atomic mass is 16.5. The van der Waals surface area contributed by atoms with Crippen molar-refractivity contribution in [1.82, 2.24) is 5.32 Å². The standard InChI is InChI=1S/C14H19NO3/c1-3-4-5-11-13(15-9(2)16)10-6-7-18-8-12(10)14(11)17/h6-8,11,14,17H,3-5H2,1-2H3,(H,15,16). The van der Waals surface area contributed by atoms with E-state index in [4.69, 9.17) is 4.74 Å². The third-order valence-corrected chi connectivity index (χ3v) is 3.36. The molecule has 4 heteroatoms. The molecule has 2 atom stereocenters. The third kappa shape index (κ3) is 2.34. The largest absolute Gasteiger partial charge is 0.472 e. The lowest BCUT2D eigenvalue weighted by Crippen LogP contribution is -2.28. The zero-order valence-electron chi connectivity index (χ0n) is 10.8. The Bertz CT molecular complexity index is 434. The number of rotatable bonds is 4. The van der Waals surface area contributed by atoms with E-state index in [9.17, 15) is 9.90 Å². The first kappa shape index (κ1) is 12.9. The summed E-state index contributed by atoms with van der Waals surface area (Å²) < 4.78 is 5.11. The van der Waals surface area contributed by atoms with Crippen LogP contribution in [0.15, 0.2) is 35.4 Å². The van der Waals surface area contributed by atoms with E-state index in [0.29, 0.717) is 0 Å². The molecule has 0 saturated heterocycles. The van der Waals surface area contributed by atoms with Crippen LogP contribution in [0.2, 0.25) is 0 Å². The highest BCUT2D eigenvalue weighted by Gasteiger charge is 2.38. The first-order valence-electron chi connectivity index (χ1n) is 6.37. The molecule has 0 aromatic heterocycles. The van der Waals surface area contributed by atoms with Crippen LogP contribution in [0.25, 0.3) is 0 Å². The Balaban J connectivity index is 2.30. The van der Waals surface area contributed by atoms with Gasteiger partial charge in [-0.05, 0) is 12.5 Å². The predicted octanol–water partition coefficient (Wildman–Crippen LogP) is 1.99. The number of allylic oxidation sites excluding steroid dienone is 1. The molecule has 98 valence electrons. The van der Waals surface area contributed by atoms with Crippen LogP contribution in [0, 0.1) is 5.92 Å². The molecule has 2 unspecified atom stereocenters. The Hall–Kier alpha value is -1.55. The quantitative estimate of drug-likeness (QED) is 0.801. The Kier molecular flexibility index (Phi) is 3.87. The molecule has 1 aliphatic heterocycles. The smallest absolute Gasteiger partial charge is 0.221 e. The lowest BCUT2D eigenvalue weighted by Gasteiger charge is -2.18. The number of aliphatic hydroxyl groups excluding tert-OH is 1. The van der Waals surface area contributed by atoms with Gasteiger partial charge in [-0.15, -0.1) is 0 Å². The van der Waals surface area contributed by atoms with Gasteiger partial charge in [0.25, 0.3) is 0 Å². The Morgan fingerprint density at radius 2 is 2.33 bits per heavy atom. The summed E-state index contributed by atoms with van der Waals surface area (Å²) in [6.07, 6.45) is 7.30. The van der Waals surface area contributed by atoms with Gasteiger partial charge < -0.3 is 15.2 Å². The number of nitrogens with one attached hydrogen (secondary N) is 1. The molecular weight excluding hydrogens is 230 g/mol. The molecule has 18 heavy (non-hydrogen) atoms. The van der Waals surface area contributed by atoms with Crippen molar-refractivity contribution in [2.45, 2.75) is 39.2 Å². The van der Waals surface area contributed by atoms with Gasteiger partial charge in [0.2, 0.25) is 5.91 Å². The number of aliphatic hydroxyl groups is 1. The second kappa shape index (κ2) is 5.40. The molecule has 0 saturated carbocycles. The molecular formula is C14H19NO3. The zero-order chi connectivity index (χ0) is 13.1. The summed E-state index contributed by atoms with van der Waals surface area (Å²) in [6, 6.07) is 0. The van der Waals surface area contributed by atoms with Crippen LogP contribution in [-0.2, 0) is 9.53 Å². The normalized spacial score (nSPS) is 25.6. The maximum Gasteiger partial charge on any atom is 0.221 e. The number of amides is 1. The van der Waals surface area contributed by atoms with Crippen molar-refractivity contribution in [3.63, 3.8) is 0 Å². The molecule has 0 aromatic rings. The molecule has 2 N–H and O–H groups in total. The predicted molar refractivity (Wildman–Crippen MR) is 68.2 cm³/mol. The molecule has 0 aromatic carbocycles. The second-order valence-corrected chi connectivity index (χ2v) is 4.71. The molecule has 0 fully saturated rings. The molecule has 0 bridgehead atoms. The van der Waals surface area contributed by atoms with E-state index >= 15 is 0 Å². The highest BCUT2D eigenvalue weighted by molar-refractivity contribution is 5.76. The summed E-state index contributed by atoms with van der Waals surface area (Å²) in [6.45, 7) is 3.60. The zero-order valence-corrected chi connectivity index (χ0v) is 10.8. The van der Waals surface area contributed by atoms with Crippen LogP contribution in [0.3, 0.4) is 0 Å². The van der Waals surface area contributed by atoms with E-state index in [2.05, 4.69) is 12.2 Å². The van der Waals surface area contributed by atoms with Gasteiger partial charge in [0.1, 0.15) is 0 Å². The van der Waals surface area contributed by atoms with Crippen molar-refractivity contribution >= 4 is 5.91 Å². The molecule has 0 radical (unpaired) electrons. The SMILES string of the molecule is CCCCC1C(NC(C)=O)=C2C=COC=C2C1O. The first-order chi connectivity index (χ1) is 8.65. The van der Waals surface area contributed by atoms with Crippen LogP contribution >= 0.6 is 0 Å². The monoisotopic (exact) mass is 249 g/mol. The van der Waals surface area contributed by atoms with Gasteiger partial charge in [0.15, 0.2) is 0 Å². The molecule has 2 rings (SSSR count). The number of carbonyl (C=O) groups is 1. The van der Waals surface area contributed by atoms with E-state index < -0.39 is 6.10 Å². The number of ether oxygens (including phenoxy) is 1. The van der Waals surface area contributed by atoms with E-state index in [1.165, 1.54) is 6.92 Å². The van der Waals surface area contributed by atoms with Crippen LogP contribution in [-0.4, -0.2) is 17.1 Å². The minimum atomic E-state index is -0.585. The minimum Gasteiger partial charge on any atom is -0.472 e. The molecule has 0 spiro atoms. The third-order valence-electron chi connectivity index (χ3n) is 3.36. The molecule has 4 nitrogen and oxygen atoms in total. The lowest BCUT2D eigenvalue weighted by atomic mass is 9.95. The van der Waals surface area contributed by atoms with Crippen LogP contribution in [0.1, 0.15) is 33.1 Å². The van der Waals surface area contributed by atoms with E-state index in [0.717, 1.165) is 36.1 Å². The summed E-state index contributed by atoms with van der Waals surface area (Å²) in [5.74, 6) is -0.145. The van der Waals surface area contributed by atoms with Crippen molar-refractivity contribution in [2.24, 2.45) is 5.92 Å². The summed E-state index contributed by atoms with van der Waals surface area (Å²) >= 11 is 0. The van der Waals surface area contributed by atoms with Gasteiger partial charge in [0, 0.05) is 29.7 Å². The van der Waals surface area contributed by atoms with Crippen molar-refractivity contribution in [1.29, 1.82) is 0 Å². The Labute approximate surface area is 107 Å². The molecule has 1 amide bonds. The number of fused-ring (bicyclic) bond motifs is 1. The minimum absolute atomic E-state index is 0.0403. The van der Waals surface area contributed by atoms with Gasteiger partial charge in [-0.2, -0.15) is 0 Å². The van der Waals surface area contributed by atoms with Crippen LogP contribution < -0.4 is 5.32 Å². The summed E-state index contributed by atoms with van der Waals surface area (Å²) in [5, 5.41) is 13.2. The van der Waals surface area contributed by atoms with Gasteiger partial charge >= 0.3 is 0 Å². The van der Waals surface area contributed by atoms with Crippen molar-refractivity contribution in [2.75, 3.05) is 0 Å². The maximum atomic E-state index is 11.3. The molecule has 1 heterocycles. The Morgan fingerprint density at radius 1 is 1.56 bits per heavy atom. The Morgan fingerprint density at radius 3 is 3.00 bits per heavy atom. The maximum absolute atomic E-state index is 11.3. The lowest BCUT2D eigenvalue weighted by molar-refractivity contribution is -0.118. The summed E-state index contributed by atoms with van der Waals surface area (Å²) in [7, 11) is 0. The number of hydrogen-bond donors (Lipinski definition) is 2. The van der Waals surface area contributed by atoms with Crippen molar-refractivity contribution < 1.29 is 14.6 Å². The first-order valence-corrected chi connectivity index (χ1v) is 6.37. The topological polar surface area (TPSA) is 58.6 Å². The molecule has 1 aliphatic carbocycles. The summed E-state index contributed by atoms with van der Waals surface area (Å²) in [5.41, 5.74) is 2.49. The number of carbonyl (C=O) groups excluding carboxylic acids is 1. The van der Waals surface area contributed by atoms with Gasteiger partial charge in [-0.1, -0.05) is 19.8 Å². The van der Waals surface area contributed by atoms with Gasteiger partial charge in [0.05, 0.1) is 18.6 Å². The highest BCUT2D eigenvalue weighted by Crippen LogP contribution is 2.40. The average molecular weight is 249 g/mol. The van der Waals surface area contributed by atoms with Crippen molar-refractivity contribution in [3.05, 3.63) is 35.4 Å². The van der Waals surface area contributed by atoms with Gasteiger partial charge in [-0.25, -0.2) is 0 Å². The van der Waals surface area contributed by atoms with E-state index in [1.807, 2.05) is 0 Å². The number of unbranched alkanes of at least 4 members (excludes halogenated alkanes) is 1. The van der Waals surface area contributed by atoms with E-state index in [-0.39, 0.29) is 11.8 Å². The van der Waals surface area contributed by atoms with E-state index in [1.54, 1.807) is 18.6 Å². The fourth-order valence-corrected chi connectivity index (χ4v) is 2.50. The fraction of sp³-hybridized carbons (Fsp3) is 0.500. The van der Waals surface area contributed by atoms with Crippen molar-refractivity contribution in [3.8, 4) is 0 Å². The van der Waals surface area contributed by atoms with Crippen LogP contribution in [0.5, 0.6) is 0 Å². The van der Waals surface area contributed by atoms with Crippen LogP contribution in [0.4, 0.5) is 0 Å². The summed E-state index contributed by atoms with van der Waals surface area (Å²) in [4.78, 5) is 11.3. The fourth-order valence-electron chi connectivity index (χ4n) is 2.50. The second-order valence-electron chi connectivity index (χ2n) is 4.71. The van der Waals surface area contributed by atoms with Gasteiger partial charge in [-0.3, -0.25) is 4.79 Å². The molecule has 2 aliphatic rings.